The number of fused-ring (bicyclic) bond motifs is 1. The third-order valence-corrected chi connectivity index (χ3v) is 8.85. The van der Waals surface area contributed by atoms with Crippen LogP contribution >= 0.6 is 0 Å². The van der Waals surface area contributed by atoms with Crippen molar-refractivity contribution in [2.24, 2.45) is 5.92 Å². The number of nitrogens with zero attached hydrogens (tertiary/aromatic N) is 3. The van der Waals surface area contributed by atoms with E-state index in [1.165, 1.54) is 11.8 Å². The summed E-state index contributed by atoms with van der Waals surface area (Å²) in [5.74, 6) is 1.17. The van der Waals surface area contributed by atoms with Gasteiger partial charge in [-0.1, -0.05) is 13.0 Å². The van der Waals surface area contributed by atoms with Gasteiger partial charge in [0.25, 0.3) is 15.9 Å². The third-order valence-electron chi connectivity index (χ3n) is 7.47. The Labute approximate surface area is 208 Å². The molecule has 8 nitrogen and oxygen atoms in total. The number of carbonyl (C=O) groups is 1. The van der Waals surface area contributed by atoms with Gasteiger partial charge in [-0.3, -0.25) is 9.52 Å². The van der Waals surface area contributed by atoms with E-state index in [9.17, 15) is 13.2 Å². The molecule has 0 atom stereocenters. The number of sulfonamides is 1. The maximum atomic E-state index is 13.6. The van der Waals surface area contributed by atoms with Gasteiger partial charge >= 0.3 is 0 Å². The third kappa shape index (κ3) is 5.30. The molecule has 2 saturated heterocycles. The van der Waals surface area contributed by atoms with Gasteiger partial charge in [-0.25, -0.2) is 13.4 Å². The van der Waals surface area contributed by atoms with E-state index in [2.05, 4.69) is 26.8 Å². The van der Waals surface area contributed by atoms with Crippen LogP contribution in [-0.4, -0.2) is 63.5 Å². The Kier molecular flexibility index (Phi) is 6.98. The summed E-state index contributed by atoms with van der Waals surface area (Å²) in [6.07, 6.45) is 7.63. The number of hydrogen-bond donors (Lipinski definition) is 2. The Hall–Kier alpha value is -2.65. The number of rotatable bonds is 5. The summed E-state index contributed by atoms with van der Waals surface area (Å²) in [7, 11) is -3.80. The second-order valence-electron chi connectivity index (χ2n) is 10.1. The largest absolute Gasteiger partial charge is 0.353 e. The summed E-state index contributed by atoms with van der Waals surface area (Å²) in [6.45, 7) is 6.80. The predicted molar refractivity (Wildman–Crippen MR) is 138 cm³/mol. The molecular weight excluding hydrogens is 462 g/mol. The van der Waals surface area contributed by atoms with E-state index in [0.29, 0.717) is 36.1 Å². The molecular formula is C26H35N5O3S. The van der Waals surface area contributed by atoms with Crippen LogP contribution in [-0.2, 0) is 22.9 Å². The fourth-order valence-corrected chi connectivity index (χ4v) is 6.36. The highest BCUT2D eigenvalue weighted by Gasteiger charge is 2.28. The zero-order valence-corrected chi connectivity index (χ0v) is 21.2. The average Bonchev–Trinajstić information content (AvgIpc) is 2.88. The second-order valence-corrected chi connectivity index (χ2v) is 11.7. The highest BCUT2D eigenvalue weighted by Crippen LogP contribution is 2.28. The smallest absolute Gasteiger partial charge is 0.261 e. The van der Waals surface area contributed by atoms with Gasteiger partial charge in [-0.05, 0) is 73.8 Å². The van der Waals surface area contributed by atoms with Crippen molar-refractivity contribution < 1.29 is 13.2 Å². The fraction of sp³-hybridized carbons (Fsp3) is 0.538. The van der Waals surface area contributed by atoms with Crippen LogP contribution in [0.25, 0.3) is 0 Å². The summed E-state index contributed by atoms with van der Waals surface area (Å²) < 4.78 is 29.2. The molecule has 9 heteroatoms. The van der Waals surface area contributed by atoms with E-state index in [-0.39, 0.29) is 10.8 Å². The Balaban J connectivity index is 1.44. The number of pyridine rings is 1. The van der Waals surface area contributed by atoms with Crippen molar-refractivity contribution >= 4 is 27.4 Å². The molecule has 2 fully saturated rings. The van der Waals surface area contributed by atoms with Crippen molar-refractivity contribution in [3.05, 3.63) is 47.2 Å². The van der Waals surface area contributed by atoms with Gasteiger partial charge in [0.1, 0.15) is 5.82 Å². The number of anilines is 2. The molecule has 2 aromatic rings. The van der Waals surface area contributed by atoms with E-state index < -0.39 is 10.0 Å². The molecule has 0 saturated carbocycles. The molecule has 0 radical (unpaired) electrons. The minimum Gasteiger partial charge on any atom is -0.353 e. The van der Waals surface area contributed by atoms with Gasteiger partial charge in [-0.2, -0.15) is 0 Å². The molecule has 0 bridgehead atoms. The SMILES string of the molecule is CC1CCN(C(=O)c2cc(NS(=O)(=O)c3ccc4c(c3)CCCC4)cnc2N2CCNCC2)CC1. The first-order chi connectivity index (χ1) is 16.9. The summed E-state index contributed by atoms with van der Waals surface area (Å²) >= 11 is 0. The van der Waals surface area contributed by atoms with Crippen LogP contribution in [0.5, 0.6) is 0 Å². The standard InChI is InChI=1S/C26H35N5O3S/c1-19-8-12-31(13-9-19)26(32)24-17-22(18-28-25(24)30-14-10-27-11-15-30)29-35(33,34)23-7-6-20-4-2-3-5-21(20)16-23/h6-7,16-19,27,29H,2-5,8-15H2,1H3. The number of nitrogens with one attached hydrogen (secondary N) is 2. The minimum atomic E-state index is -3.80. The molecule has 0 unspecified atom stereocenters. The molecule has 1 aromatic heterocycles. The molecule has 1 amide bonds. The molecule has 188 valence electrons. The van der Waals surface area contributed by atoms with Gasteiger partial charge in [0.2, 0.25) is 0 Å². The van der Waals surface area contributed by atoms with Crippen molar-refractivity contribution in [2.75, 3.05) is 48.9 Å². The van der Waals surface area contributed by atoms with Gasteiger partial charge in [0.05, 0.1) is 22.3 Å². The zero-order chi connectivity index (χ0) is 24.4. The normalized spacial score (nSPS) is 19.3. The number of hydrogen-bond acceptors (Lipinski definition) is 6. The Morgan fingerprint density at radius 2 is 1.74 bits per heavy atom. The molecule has 1 aromatic carbocycles. The monoisotopic (exact) mass is 497 g/mol. The molecule has 2 N–H and O–H groups in total. The quantitative estimate of drug-likeness (QED) is 0.660. The maximum Gasteiger partial charge on any atom is 0.261 e. The first kappa shape index (κ1) is 24.1. The van der Waals surface area contributed by atoms with Crippen LogP contribution in [0.1, 0.15) is 54.1 Å². The number of benzene rings is 1. The second kappa shape index (κ2) is 10.1. The van der Waals surface area contributed by atoms with Gasteiger partial charge in [-0.15, -0.1) is 0 Å². The number of aryl methyl sites for hydroxylation is 2. The molecule has 3 heterocycles. The molecule has 35 heavy (non-hydrogen) atoms. The van der Waals surface area contributed by atoms with Gasteiger partial charge in [0.15, 0.2) is 0 Å². The lowest BCUT2D eigenvalue weighted by Gasteiger charge is -2.33. The maximum absolute atomic E-state index is 13.6. The van der Waals surface area contributed by atoms with Gasteiger partial charge in [0, 0.05) is 39.3 Å². The van der Waals surface area contributed by atoms with E-state index in [1.807, 2.05) is 11.0 Å². The summed E-state index contributed by atoms with van der Waals surface area (Å²) in [4.78, 5) is 22.4. The van der Waals surface area contributed by atoms with Crippen LogP contribution < -0.4 is 14.9 Å². The van der Waals surface area contributed by atoms with E-state index in [4.69, 9.17) is 0 Å². The van der Waals surface area contributed by atoms with Crippen LogP contribution in [0.15, 0.2) is 35.4 Å². The highest BCUT2D eigenvalue weighted by atomic mass is 32.2. The summed E-state index contributed by atoms with van der Waals surface area (Å²) in [5.41, 5.74) is 3.13. The Morgan fingerprint density at radius 3 is 2.49 bits per heavy atom. The summed E-state index contributed by atoms with van der Waals surface area (Å²) in [5, 5.41) is 3.33. The molecule has 1 aliphatic carbocycles. The Bertz CT molecular complexity index is 1190. The molecule has 3 aliphatic rings. The molecule has 0 spiro atoms. The van der Waals surface area contributed by atoms with Crippen molar-refractivity contribution in [3.63, 3.8) is 0 Å². The van der Waals surface area contributed by atoms with Crippen molar-refractivity contribution in [1.82, 2.24) is 15.2 Å². The number of piperidine rings is 1. The van der Waals surface area contributed by atoms with E-state index in [0.717, 1.165) is 70.3 Å². The molecule has 2 aliphatic heterocycles. The van der Waals surface area contributed by atoms with Crippen LogP contribution in [0.2, 0.25) is 0 Å². The zero-order valence-electron chi connectivity index (χ0n) is 20.4. The minimum absolute atomic E-state index is 0.0761. The fourth-order valence-electron chi connectivity index (χ4n) is 5.27. The van der Waals surface area contributed by atoms with Crippen LogP contribution in [0.3, 0.4) is 0 Å². The predicted octanol–water partition coefficient (Wildman–Crippen LogP) is 3.04. The highest BCUT2D eigenvalue weighted by molar-refractivity contribution is 7.92. The first-order valence-electron chi connectivity index (χ1n) is 12.8. The number of amides is 1. The van der Waals surface area contributed by atoms with Crippen LogP contribution in [0, 0.1) is 5.92 Å². The lowest BCUT2D eigenvalue weighted by Crippen LogP contribution is -2.45. The van der Waals surface area contributed by atoms with Crippen LogP contribution in [0.4, 0.5) is 11.5 Å². The lowest BCUT2D eigenvalue weighted by molar-refractivity contribution is 0.0697. The molecule has 5 rings (SSSR count). The number of likely N-dealkylation sites (tertiary alicyclic amines) is 1. The van der Waals surface area contributed by atoms with Crippen molar-refractivity contribution in [2.45, 2.75) is 50.3 Å². The van der Waals surface area contributed by atoms with E-state index in [1.54, 1.807) is 18.2 Å². The van der Waals surface area contributed by atoms with Gasteiger partial charge < -0.3 is 15.1 Å². The number of piperazine rings is 1. The van der Waals surface area contributed by atoms with E-state index >= 15 is 0 Å². The average molecular weight is 498 g/mol. The first-order valence-corrected chi connectivity index (χ1v) is 14.3. The van der Waals surface area contributed by atoms with Crippen molar-refractivity contribution in [3.8, 4) is 0 Å². The topological polar surface area (TPSA) is 94.6 Å². The lowest BCUT2D eigenvalue weighted by atomic mass is 9.92. The number of carbonyl (C=O) groups excluding carboxylic acids is 1. The van der Waals surface area contributed by atoms with Crippen molar-refractivity contribution in [1.29, 1.82) is 0 Å². The number of aromatic nitrogens is 1. The Morgan fingerprint density at radius 1 is 1.03 bits per heavy atom. The summed E-state index contributed by atoms with van der Waals surface area (Å²) in [6, 6.07) is 7.07.